The summed E-state index contributed by atoms with van der Waals surface area (Å²) in [5.74, 6) is -0.201. The average Bonchev–Trinajstić information content (AvgIpc) is 3.28. The Morgan fingerprint density at radius 2 is 2.12 bits per heavy atom. The van der Waals surface area contributed by atoms with Crippen LogP contribution in [-0.4, -0.2) is 21.1 Å². The maximum absolute atomic E-state index is 14.2. The van der Waals surface area contributed by atoms with E-state index in [1.54, 1.807) is 16.8 Å². The van der Waals surface area contributed by atoms with Crippen molar-refractivity contribution in [3.63, 3.8) is 0 Å². The number of hydrogen-bond donors (Lipinski definition) is 0. The van der Waals surface area contributed by atoms with Gasteiger partial charge in [0.1, 0.15) is 17.5 Å². The number of hydrogen-bond acceptors (Lipinski definition) is 4. The molecule has 0 spiro atoms. The second-order valence-corrected chi connectivity index (χ2v) is 6.12. The summed E-state index contributed by atoms with van der Waals surface area (Å²) in [6, 6.07) is 8.88. The maximum atomic E-state index is 14.2. The smallest absolute Gasteiger partial charge is 0.154 e. The predicted octanol–water partition coefficient (Wildman–Crippen LogP) is 3.89. The minimum absolute atomic E-state index is 0.266. The molecule has 26 heavy (non-hydrogen) atoms. The number of benzene rings is 1. The standard InChI is InChI=1S/C19H15F2N5/c20-13-5-6-16(21)15(11-13)17-4-2-10-25(17)19-8-7-18-23-12-14(3-1-9-22)26(18)24-19/h1,3,5-8,11-12,17H,2,4,10H2/b3-1+/t17-/m1/s1. The van der Waals surface area contributed by atoms with E-state index in [1.807, 2.05) is 23.1 Å². The highest BCUT2D eigenvalue weighted by Crippen LogP contribution is 2.36. The zero-order valence-corrected chi connectivity index (χ0v) is 13.8. The van der Waals surface area contributed by atoms with Gasteiger partial charge in [0.2, 0.25) is 0 Å². The van der Waals surface area contributed by atoms with Crippen molar-refractivity contribution in [2.24, 2.45) is 0 Å². The first-order valence-corrected chi connectivity index (χ1v) is 8.30. The van der Waals surface area contributed by atoms with Crippen LogP contribution in [0.5, 0.6) is 0 Å². The molecule has 0 radical (unpaired) electrons. The maximum Gasteiger partial charge on any atom is 0.154 e. The number of fused-ring (bicyclic) bond motifs is 1. The van der Waals surface area contributed by atoms with Crippen LogP contribution in [0.15, 0.2) is 42.6 Å². The molecular formula is C19H15F2N5. The van der Waals surface area contributed by atoms with Gasteiger partial charge in [0.25, 0.3) is 0 Å². The van der Waals surface area contributed by atoms with Gasteiger partial charge in [-0.15, -0.1) is 5.10 Å². The first-order valence-electron chi connectivity index (χ1n) is 8.30. The van der Waals surface area contributed by atoms with Crippen molar-refractivity contribution < 1.29 is 8.78 Å². The topological polar surface area (TPSA) is 57.2 Å². The highest BCUT2D eigenvalue weighted by Gasteiger charge is 2.30. The summed E-state index contributed by atoms with van der Waals surface area (Å²) < 4.78 is 29.5. The Bertz CT molecular complexity index is 1030. The highest BCUT2D eigenvalue weighted by molar-refractivity contribution is 5.55. The van der Waals surface area contributed by atoms with Crippen LogP contribution in [0.25, 0.3) is 11.7 Å². The summed E-state index contributed by atoms with van der Waals surface area (Å²) in [5, 5.41) is 13.3. The van der Waals surface area contributed by atoms with Gasteiger partial charge in [-0.25, -0.2) is 18.3 Å². The Labute approximate surface area is 148 Å². The Morgan fingerprint density at radius 3 is 2.96 bits per heavy atom. The van der Waals surface area contributed by atoms with E-state index >= 15 is 0 Å². The zero-order chi connectivity index (χ0) is 18.1. The first kappa shape index (κ1) is 16.2. The molecule has 0 amide bonds. The molecule has 0 N–H and O–H groups in total. The second-order valence-electron chi connectivity index (χ2n) is 6.12. The molecular weight excluding hydrogens is 336 g/mol. The van der Waals surface area contributed by atoms with Crippen molar-refractivity contribution in [3.05, 3.63) is 65.5 Å². The third kappa shape index (κ3) is 2.80. The Morgan fingerprint density at radius 1 is 1.23 bits per heavy atom. The number of imidazole rings is 1. The Hall–Kier alpha value is -3.27. The molecule has 1 atom stereocenters. The molecule has 130 valence electrons. The average molecular weight is 351 g/mol. The molecule has 0 saturated carbocycles. The van der Waals surface area contributed by atoms with Gasteiger partial charge in [-0.3, -0.25) is 0 Å². The zero-order valence-electron chi connectivity index (χ0n) is 13.8. The molecule has 1 aromatic carbocycles. The summed E-state index contributed by atoms with van der Waals surface area (Å²) in [4.78, 5) is 6.24. The van der Waals surface area contributed by atoms with Gasteiger partial charge in [-0.05, 0) is 49.2 Å². The van der Waals surface area contributed by atoms with Crippen LogP contribution in [0.4, 0.5) is 14.6 Å². The fourth-order valence-electron chi connectivity index (χ4n) is 3.41. The molecule has 4 rings (SSSR count). The Balaban J connectivity index is 1.75. The lowest BCUT2D eigenvalue weighted by Crippen LogP contribution is -2.25. The first-order chi connectivity index (χ1) is 12.7. The van der Waals surface area contributed by atoms with E-state index in [0.29, 0.717) is 29.3 Å². The van der Waals surface area contributed by atoms with Crippen LogP contribution in [0.1, 0.15) is 30.1 Å². The van der Waals surface area contributed by atoms with Crippen LogP contribution >= 0.6 is 0 Å². The summed E-state index contributed by atoms with van der Waals surface area (Å²) in [6.07, 6.45) is 6.22. The predicted molar refractivity (Wildman–Crippen MR) is 93.3 cm³/mol. The minimum atomic E-state index is -0.449. The highest BCUT2D eigenvalue weighted by atomic mass is 19.1. The molecule has 0 aliphatic carbocycles. The van der Waals surface area contributed by atoms with Crippen LogP contribution < -0.4 is 4.90 Å². The molecule has 1 aliphatic heterocycles. The van der Waals surface area contributed by atoms with E-state index in [0.717, 1.165) is 18.9 Å². The number of aromatic nitrogens is 3. The molecule has 1 saturated heterocycles. The van der Waals surface area contributed by atoms with Crippen LogP contribution in [-0.2, 0) is 0 Å². The van der Waals surface area contributed by atoms with Gasteiger partial charge in [-0.1, -0.05) is 0 Å². The van der Waals surface area contributed by atoms with Gasteiger partial charge >= 0.3 is 0 Å². The van der Waals surface area contributed by atoms with Crippen LogP contribution in [0.3, 0.4) is 0 Å². The van der Waals surface area contributed by atoms with E-state index in [9.17, 15) is 8.78 Å². The lowest BCUT2D eigenvalue weighted by atomic mass is 10.0. The SMILES string of the molecule is N#C/C=C/c1cnc2ccc(N3CCC[C@@H]3c3cc(F)ccc3F)nn12. The van der Waals surface area contributed by atoms with Gasteiger partial charge in [0.05, 0.1) is 24.0 Å². The van der Waals surface area contributed by atoms with Crippen LogP contribution in [0, 0.1) is 23.0 Å². The third-order valence-corrected chi connectivity index (χ3v) is 4.57. The minimum Gasteiger partial charge on any atom is -0.348 e. The number of rotatable bonds is 3. The summed E-state index contributed by atoms with van der Waals surface area (Å²) >= 11 is 0. The lowest BCUT2D eigenvalue weighted by molar-refractivity contribution is 0.559. The number of anilines is 1. The lowest BCUT2D eigenvalue weighted by Gasteiger charge is -2.26. The van der Waals surface area contributed by atoms with E-state index in [4.69, 9.17) is 5.26 Å². The van der Waals surface area contributed by atoms with Gasteiger partial charge in [-0.2, -0.15) is 5.26 Å². The molecule has 0 unspecified atom stereocenters. The van der Waals surface area contributed by atoms with Crippen molar-refractivity contribution >= 4 is 17.5 Å². The molecule has 3 heterocycles. The molecule has 2 aromatic heterocycles. The summed E-state index contributed by atoms with van der Waals surface area (Å²) in [6.45, 7) is 0.706. The quantitative estimate of drug-likeness (QED) is 0.672. The van der Waals surface area contributed by atoms with E-state index in [-0.39, 0.29) is 6.04 Å². The van der Waals surface area contributed by atoms with Crippen molar-refractivity contribution in [1.82, 2.24) is 14.6 Å². The van der Waals surface area contributed by atoms with E-state index < -0.39 is 11.6 Å². The normalized spacial score (nSPS) is 17.3. The third-order valence-electron chi connectivity index (χ3n) is 4.57. The van der Waals surface area contributed by atoms with Crippen molar-refractivity contribution in [2.45, 2.75) is 18.9 Å². The second kappa shape index (κ2) is 6.56. The van der Waals surface area contributed by atoms with Crippen LogP contribution in [0.2, 0.25) is 0 Å². The molecule has 0 bridgehead atoms. The molecule has 5 nitrogen and oxygen atoms in total. The summed E-state index contributed by atoms with van der Waals surface area (Å²) in [5.41, 5.74) is 1.68. The van der Waals surface area contributed by atoms with Gasteiger partial charge < -0.3 is 4.90 Å². The van der Waals surface area contributed by atoms with Gasteiger partial charge in [0.15, 0.2) is 5.65 Å². The summed E-state index contributed by atoms with van der Waals surface area (Å²) in [7, 11) is 0. The molecule has 7 heteroatoms. The van der Waals surface area contributed by atoms with Crippen molar-refractivity contribution in [1.29, 1.82) is 5.26 Å². The molecule has 1 aliphatic rings. The van der Waals surface area contributed by atoms with Gasteiger partial charge in [0, 0.05) is 18.2 Å². The number of halogens is 2. The molecule has 3 aromatic rings. The van der Waals surface area contributed by atoms with E-state index in [2.05, 4.69) is 10.1 Å². The van der Waals surface area contributed by atoms with Crippen molar-refractivity contribution in [2.75, 3.05) is 11.4 Å². The van der Waals surface area contributed by atoms with E-state index in [1.165, 1.54) is 18.2 Å². The fourth-order valence-corrected chi connectivity index (χ4v) is 3.41. The Kier molecular flexibility index (Phi) is 4.09. The largest absolute Gasteiger partial charge is 0.348 e. The fraction of sp³-hybridized carbons (Fsp3) is 0.211. The molecule has 1 fully saturated rings. The van der Waals surface area contributed by atoms with Crippen molar-refractivity contribution in [3.8, 4) is 6.07 Å². The number of allylic oxidation sites excluding steroid dienone is 1. The number of nitrogens with zero attached hydrogens (tertiary/aromatic N) is 5. The monoisotopic (exact) mass is 351 g/mol. The number of nitriles is 1.